The van der Waals surface area contributed by atoms with Gasteiger partial charge in [-0.1, -0.05) is 61.7 Å². The van der Waals surface area contributed by atoms with E-state index in [0.29, 0.717) is 22.2 Å². The number of aromatic carboxylic acids is 1. The predicted molar refractivity (Wildman–Crippen MR) is 155 cm³/mol. The number of nitrogens with zero attached hydrogens (tertiary/aromatic N) is 1. The van der Waals surface area contributed by atoms with Gasteiger partial charge < -0.3 is 15.0 Å². The normalized spacial score (nSPS) is 14.5. The van der Waals surface area contributed by atoms with Crippen molar-refractivity contribution in [2.24, 2.45) is 0 Å². The SMILES string of the molecule is C[C@H](NC(=O)c1ccc(-c2ccccc2)c(F)c1)C(=O)Cc1ccc2c(c1)c(=O)c(C(=O)O)cn2C1CCCCC1. The number of Topliss-reactive ketones (excluding diaryl/α,β-unsaturated/α-hetero) is 1. The van der Waals surface area contributed by atoms with E-state index in [1.54, 1.807) is 49.4 Å². The van der Waals surface area contributed by atoms with E-state index in [2.05, 4.69) is 5.32 Å². The average molecular weight is 555 g/mol. The summed E-state index contributed by atoms with van der Waals surface area (Å²) in [6.45, 7) is 1.55. The van der Waals surface area contributed by atoms with E-state index < -0.39 is 29.2 Å². The molecular weight excluding hydrogens is 523 g/mol. The van der Waals surface area contributed by atoms with Crippen LogP contribution in [0.4, 0.5) is 4.39 Å². The molecule has 5 rings (SSSR count). The van der Waals surface area contributed by atoms with Gasteiger partial charge in [0.2, 0.25) is 5.43 Å². The number of carbonyl (C=O) groups is 3. The Labute approximate surface area is 236 Å². The van der Waals surface area contributed by atoms with Crippen molar-refractivity contribution in [2.45, 2.75) is 57.5 Å². The molecule has 8 heteroatoms. The molecule has 0 spiro atoms. The minimum Gasteiger partial charge on any atom is -0.477 e. The minimum absolute atomic E-state index is 0.0706. The number of carboxylic acids is 1. The Morgan fingerprint density at radius 1 is 1.00 bits per heavy atom. The van der Waals surface area contributed by atoms with Gasteiger partial charge in [-0.2, -0.15) is 0 Å². The molecule has 1 atom stereocenters. The molecule has 0 unspecified atom stereocenters. The first-order chi connectivity index (χ1) is 19.7. The number of nitrogens with one attached hydrogen (secondary N) is 1. The van der Waals surface area contributed by atoms with Gasteiger partial charge in [0.05, 0.1) is 11.6 Å². The molecule has 0 saturated heterocycles. The summed E-state index contributed by atoms with van der Waals surface area (Å²) in [6.07, 6.45) is 6.41. The third-order valence-electron chi connectivity index (χ3n) is 7.82. The molecule has 210 valence electrons. The number of pyridine rings is 1. The highest BCUT2D eigenvalue weighted by atomic mass is 19.1. The van der Waals surface area contributed by atoms with E-state index in [0.717, 1.165) is 38.2 Å². The summed E-state index contributed by atoms with van der Waals surface area (Å²) in [5.41, 5.74) is 1.46. The Balaban J connectivity index is 1.33. The van der Waals surface area contributed by atoms with Crippen LogP contribution in [0.15, 0.2) is 77.7 Å². The number of aromatic nitrogens is 1. The second-order valence-corrected chi connectivity index (χ2v) is 10.6. The number of fused-ring (bicyclic) bond motifs is 1. The monoisotopic (exact) mass is 554 g/mol. The van der Waals surface area contributed by atoms with Crippen LogP contribution >= 0.6 is 0 Å². The molecule has 1 fully saturated rings. The van der Waals surface area contributed by atoms with Crippen molar-refractivity contribution in [3.8, 4) is 11.1 Å². The topological polar surface area (TPSA) is 105 Å². The standard InChI is InChI=1S/C33H31FN2O5/c1-20(35-32(39)23-13-14-25(28(34)18-23)22-8-4-2-5-9-22)30(37)17-21-12-15-29-26(16-21)31(38)27(33(40)41)19-36(29)24-10-6-3-7-11-24/h2,4-5,8-9,12-16,18-20,24H,3,6-7,10-11,17H2,1H3,(H,35,39)(H,40,41)/t20-/m0/s1. The van der Waals surface area contributed by atoms with E-state index in [9.17, 15) is 28.7 Å². The summed E-state index contributed by atoms with van der Waals surface area (Å²) in [4.78, 5) is 50.7. The van der Waals surface area contributed by atoms with E-state index in [1.165, 1.54) is 18.3 Å². The lowest BCUT2D eigenvalue weighted by atomic mass is 9.94. The van der Waals surface area contributed by atoms with Gasteiger partial charge in [-0.3, -0.25) is 14.4 Å². The number of carboxylic acid groups (broad SMARTS) is 1. The average Bonchev–Trinajstić information content (AvgIpc) is 2.98. The van der Waals surface area contributed by atoms with Crippen LogP contribution in [0, 0.1) is 5.82 Å². The van der Waals surface area contributed by atoms with Crippen LogP contribution < -0.4 is 10.7 Å². The third-order valence-corrected chi connectivity index (χ3v) is 7.82. The zero-order chi connectivity index (χ0) is 29.1. The number of halogens is 1. The minimum atomic E-state index is -1.28. The second kappa shape index (κ2) is 11.9. The highest BCUT2D eigenvalue weighted by molar-refractivity contribution is 5.99. The fraction of sp³-hybridized carbons (Fsp3) is 0.273. The van der Waals surface area contributed by atoms with Gasteiger partial charge in [0.1, 0.15) is 11.4 Å². The van der Waals surface area contributed by atoms with Crippen LogP contribution in [0.5, 0.6) is 0 Å². The summed E-state index contributed by atoms with van der Waals surface area (Å²) >= 11 is 0. The molecule has 0 radical (unpaired) electrons. The van der Waals surface area contributed by atoms with Gasteiger partial charge in [0, 0.05) is 35.2 Å². The Morgan fingerprint density at radius 2 is 1.73 bits per heavy atom. The van der Waals surface area contributed by atoms with E-state index in [1.807, 2.05) is 10.6 Å². The maximum atomic E-state index is 14.8. The fourth-order valence-corrected chi connectivity index (χ4v) is 5.55. The van der Waals surface area contributed by atoms with Gasteiger partial charge in [0.15, 0.2) is 5.78 Å². The highest BCUT2D eigenvalue weighted by Gasteiger charge is 2.23. The lowest BCUT2D eigenvalue weighted by Gasteiger charge is -2.26. The molecule has 1 saturated carbocycles. The molecular formula is C33H31FN2O5. The number of rotatable bonds is 8. The van der Waals surface area contributed by atoms with Crippen molar-refractivity contribution in [3.05, 3.63) is 106 Å². The van der Waals surface area contributed by atoms with Crippen molar-refractivity contribution in [3.63, 3.8) is 0 Å². The molecule has 1 heterocycles. The first-order valence-corrected chi connectivity index (χ1v) is 13.8. The quantitative estimate of drug-likeness (QED) is 0.280. The van der Waals surface area contributed by atoms with Crippen molar-refractivity contribution in [1.29, 1.82) is 0 Å². The summed E-state index contributed by atoms with van der Waals surface area (Å²) in [5, 5.41) is 12.6. The molecule has 1 amide bonds. The molecule has 0 bridgehead atoms. The number of benzene rings is 3. The highest BCUT2D eigenvalue weighted by Crippen LogP contribution is 2.31. The molecule has 2 N–H and O–H groups in total. The van der Waals surface area contributed by atoms with Crippen molar-refractivity contribution >= 4 is 28.6 Å². The lowest BCUT2D eigenvalue weighted by molar-refractivity contribution is -0.119. The number of hydrogen-bond donors (Lipinski definition) is 2. The smallest absolute Gasteiger partial charge is 0.341 e. The molecule has 1 aliphatic carbocycles. The van der Waals surface area contributed by atoms with Crippen LogP contribution in [0.3, 0.4) is 0 Å². The summed E-state index contributed by atoms with van der Waals surface area (Å²) in [6, 6.07) is 17.5. The predicted octanol–water partition coefficient (Wildman–Crippen LogP) is 5.94. The van der Waals surface area contributed by atoms with Gasteiger partial charge in [-0.15, -0.1) is 0 Å². The molecule has 3 aromatic carbocycles. The molecule has 4 aromatic rings. The number of amides is 1. The first-order valence-electron chi connectivity index (χ1n) is 13.8. The van der Waals surface area contributed by atoms with Crippen molar-refractivity contribution in [2.75, 3.05) is 0 Å². The Hall–Kier alpha value is -4.59. The number of hydrogen-bond acceptors (Lipinski definition) is 4. The molecule has 7 nitrogen and oxygen atoms in total. The fourth-order valence-electron chi connectivity index (χ4n) is 5.55. The molecule has 1 aliphatic rings. The third kappa shape index (κ3) is 5.96. The zero-order valence-corrected chi connectivity index (χ0v) is 22.7. The summed E-state index contributed by atoms with van der Waals surface area (Å²) in [5.74, 6) is -2.71. The van der Waals surface area contributed by atoms with E-state index in [4.69, 9.17) is 0 Å². The van der Waals surface area contributed by atoms with Crippen LogP contribution in [0.2, 0.25) is 0 Å². The number of ketones is 1. The van der Waals surface area contributed by atoms with Crippen LogP contribution in [-0.4, -0.2) is 33.4 Å². The van der Waals surface area contributed by atoms with Crippen molar-refractivity contribution in [1.82, 2.24) is 9.88 Å². The van der Waals surface area contributed by atoms with E-state index >= 15 is 0 Å². The maximum Gasteiger partial charge on any atom is 0.341 e. The number of carbonyl (C=O) groups excluding carboxylic acids is 2. The van der Waals surface area contributed by atoms with Crippen LogP contribution in [-0.2, 0) is 11.2 Å². The largest absolute Gasteiger partial charge is 0.477 e. The van der Waals surface area contributed by atoms with Gasteiger partial charge >= 0.3 is 5.97 Å². The Kier molecular flexibility index (Phi) is 8.10. The van der Waals surface area contributed by atoms with E-state index in [-0.39, 0.29) is 34.8 Å². The molecule has 41 heavy (non-hydrogen) atoms. The molecule has 0 aliphatic heterocycles. The van der Waals surface area contributed by atoms with Crippen LogP contribution in [0.1, 0.15) is 71.3 Å². The Bertz CT molecular complexity index is 1690. The van der Waals surface area contributed by atoms with Gasteiger partial charge in [-0.25, -0.2) is 9.18 Å². The molecule has 1 aromatic heterocycles. The maximum absolute atomic E-state index is 14.8. The second-order valence-electron chi connectivity index (χ2n) is 10.6. The zero-order valence-electron chi connectivity index (χ0n) is 22.7. The Morgan fingerprint density at radius 3 is 2.41 bits per heavy atom. The summed E-state index contributed by atoms with van der Waals surface area (Å²) in [7, 11) is 0. The van der Waals surface area contributed by atoms with Crippen LogP contribution in [0.25, 0.3) is 22.0 Å². The lowest BCUT2D eigenvalue weighted by Crippen LogP contribution is -2.39. The van der Waals surface area contributed by atoms with Gasteiger partial charge in [-0.05, 0) is 55.2 Å². The van der Waals surface area contributed by atoms with Crippen molar-refractivity contribution < 1.29 is 23.9 Å². The summed E-state index contributed by atoms with van der Waals surface area (Å²) < 4.78 is 16.7. The van der Waals surface area contributed by atoms with Gasteiger partial charge in [0.25, 0.3) is 5.91 Å². The first kappa shape index (κ1) is 28.0.